The average Bonchev–Trinajstić information content (AvgIpc) is 3.43. The molecule has 4 rings (SSSR count). The highest BCUT2D eigenvalue weighted by Gasteiger charge is 2.17. The smallest absolute Gasteiger partial charge is 0.273 e. The summed E-state index contributed by atoms with van der Waals surface area (Å²) < 4.78 is 32.9. The standard InChI is InChI=1S/C21H14F2N4O3S/c22-13-7-4-8-14(23)19(13)16-11-31-21(25-16)26-18(28)10-24-20(29)15-9-17(30-27-15)12-5-2-1-3-6-12/h1-9,11H,10H2,(H,24,29)(H,25,26,28). The second kappa shape index (κ2) is 8.84. The number of nitrogens with one attached hydrogen (secondary N) is 2. The van der Waals surface area contributed by atoms with Crippen molar-refractivity contribution in [3.63, 3.8) is 0 Å². The van der Waals surface area contributed by atoms with E-state index in [0.29, 0.717) is 5.76 Å². The molecule has 0 saturated carbocycles. The molecule has 4 aromatic rings. The van der Waals surface area contributed by atoms with Crippen molar-refractivity contribution in [3.8, 4) is 22.6 Å². The van der Waals surface area contributed by atoms with Gasteiger partial charge < -0.3 is 15.2 Å². The van der Waals surface area contributed by atoms with Crippen LogP contribution in [0.25, 0.3) is 22.6 Å². The second-order valence-corrected chi connectivity index (χ2v) is 7.17. The lowest BCUT2D eigenvalue weighted by Crippen LogP contribution is -2.33. The Morgan fingerprint density at radius 2 is 1.77 bits per heavy atom. The van der Waals surface area contributed by atoms with Crippen LogP contribution in [0.2, 0.25) is 0 Å². The topological polar surface area (TPSA) is 97.1 Å². The van der Waals surface area contributed by atoms with Gasteiger partial charge in [-0.3, -0.25) is 9.59 Å². The monoisotopic (exact) mass is 440 g/mol. The van der Waals surface area contributed by atoms with Gasteiger partial charge in [0.15, 0.2) is 16.6 Å². The molecule has 0 aliphatic rings. The maximum Gasteiger partial charge on any atom is 0.273 e. The van der Waals surface area contributed by atoms with Crippen molar-refractivity contribution >= 4 is 28.3 Å². The number of nitrogens with zero attached hydrogens (tertiary/aromatic N) is 2. The van der Waals surface area contributed by atoms with Crippen LogP contribution in [0.5, 0.6) is 0 Å². The van der Waals surface area contributed by atoms with Crippen LogP contribution in [-0.2, 0) is 4.79 Å². The molecule has 0 fully saturated rings. The lowest BCUT2D eigenvalue weighted by atomic mass is 10.1. The van der Waals surface area contributed by atoms with Crippen molar-refractivity contribution in [3.05, 3.63) is 77.3 Å². The fourth-order valence-corrected chi connectivity index (χ4v) is 3.44. The molecule has 2 N–H and O–H groups in total. The zero-order chi connectivity index (χ0) is 21.8. The number of carbonyl (C=O) groups is 2. The zero-order valence-corrected chi connectivity index (χ0v) is 16.6. The summed E-state index contributed by atoms with van der Waals surface area (Å²) in [6, 6.07) is 14.1. The number of amides is 2. The average molecular weight is 440 g/mol. The highest BCUT2D eigenvalue weighted by Crippen LogP contribution is 2.29. The number of rotatable bonds is 6. The minimum Gasteiger partial charge on any atom is -0.355 e. The number of halogens is 2. The van der Waals surface area contributed by atoms with E-state index >= 15 is 0 Å². The van der Waals surface area contributed by atoms with Crippen molar-refractivity contribution in [1.29, 1.82) is 0 Å². The number of hydrogen-bond acceptors (Lipinski definition) is 6. The number of benzene rings is 2. The molecular formula is C21H14F2N4O3S. The third kappa shape index (κ3) is 4.64. The van der Waals surface area contributed by atoms with Gasteiger partial charge in [-0.1, -0.05) is 41.6 Å². The summed E-state index contributed by atoms with van der Waals surface area (Å²) in [5.41, 5.74) is 0.583. The quantitative estimate of drug-likeness (QED) is 0.470. The van der Waals surface area contributed by atoms with Crippen LogP contribution < -0.4 is 10.6 Å². The Labute approximate surface area is 178 Å². The van der Waals surface area contributed by atoms with Gasteiger partial charge in [-0.25, -0.2) is 13.8 Å². The Morgan fingerprint density at radius 3 is 2.52 bits per heavy atom. The number of anilines is 1. The minimum absolute atomic E-state index is 0.0261. The van der Waals surface area contributed by atoms with Crippen molar-refractivity contribution < 1.29 is 22.9 Å². The summed E-state index contributed by atoms with van der Waals surface area (Å²) in [7, 11) is 0. The van der Waals surface area contributed by atoms with Crippen molar-refractivity contribution in [1.82, 2.24) is 15.5 Å². The van der Waals surface area contributed by atoms with Crippen molar-refractivity contribution in [2.45, 2.75) is 0 Å². The van der Waals surface area contributed by atoms with E-state index < -0.39 is 23.4 Å². The third-order valence-corrected chi connectivity index (χ3v) is 4.94. The number of hydrogen-bond donors (Lipinski definition) is 2. The normalized spacial score (nSPS) is 10.6. The molecule has 2 aromatic heterocycles. The van der Waals surface area contributed by atoms with Crippen LogP contribution in [0.4, 0.5) is 13.9 Å². The summed E-state index contributed by atoms with van der Waals surface area (Å²) in [5.74, 6) is -2.23. The van der Waals surface area contributed by atoms with Crippen molar-refractivity contribution in [2.24, 2.45) is 0 Å². The Hall–Kier alpha value is -3.92. The van der Waals surface area contributed by atoms with Gasteiger partial charge in [0.2, 0.25) is 5.91 Å². The Balaban J connectivity index is 1.34. The molecule has 10 heteroatoms. The lowest BCUT2D eigenvalue weighted by Gasteiger charge is -2.03. The largest absolute Gasteiger partial charge is 0.355 e. The molecule has 0 radical (unpaired) electrons. The number of carbonyl (C=O) groups excluding carboxylic acids is 2. The number of aromatic nitrogens is 2. The van der Waals surface area contributed by atoms with Gasteiger partial charge in [0.05, 0.1) is 17.8 Å². The Kier molecular flexibility index (Phi) is 5.80. The second-order valence-electron chi connectivity index (χ2n) is 6.31. The van der Waals surface area contributed by atoms with E-state index in [9.17, 15) is 18.4 Å². The Bertz CT molecular complexity index is 1220. The van der Waals surface area contributed by atoms with Crippen molar-refractivity contribution in [2.75, 3.05) is 11.9 Å². The minimum atomic E-state index is -0.752. The number of thiazole rings is 1. The van der Waals surface area contributed by atoms with E-state index in [0.717, 1.165) is 29.0 Å². The maximum atomic E-state index is 13.9. The molecule has 156 valence electrons. The lowest BCUT2D eigenvalue weighted by molar-refractivity contribution is -0.115. The van der Waals surface area contributed by atoms with Crippen LogP contribution >= 0.6 is 11.3 Å². The predicted octanol–water partition coefficient (Wildman–Crippen LogP) is 4.11. The summed E-state index contributed by atoms with van der Waals surface area (Å²) in [6.07, 6.45) is 0. The van der Waals surface area contributed by atoms with Gasteiger partial charge in [-0.05, 0) is 12.1 Å². The molecule has 0 bridgehead atoms. The summed E-state index contributed by atoms with van der Waals surface area (Å²) >= 11 is 1.01. The molecule has 2 aromatic carbocycles. The van der Waals surface area contributed by atoms with Crippen LogP contribution in [0, 0.1) is 11.6 Å². The van der Waals surface area contributed by atoms with E-state index in [-0.39, 0.29) is 28.6 Å². The molecule has 0 unspecified atom stereocenters. The zero-order valence-electron chi connectivity index (χ0n) is 15.8. The molecule has 0 aliphatic heterocycles. The van der Waals surface area contributed by atoms with Gasteiger partial charge in [0, 0.05) is 17.0 Å². The molecule has 7 nitrogen and oxygen atoms in total. The summed E-state index contributed by atoms with van der Waals surface area (Å²) in [5, 5.41) is 10.2. The first-order valence-corrected chi connectivity index (χ1v) is 9.89. The van der Waals surface area contributed by atoms with E-state index in [1.807, 2.05) is 30.3 Å². The fourth-order valence-electron chi connectivity index (χ4n) is 2.72. The first-order valence-electron chi connectivity index (χ1n) is 9.01. The van der Waals surface area contributed by atoms with E-state index in [4.69, 9.17) is 4.52 Å². The summed E-state index contributed by atoms with van der Waals surface area (Å²) in [4.78, 5) is 28.3. The predicted molar refractivity (Wildman–Crippen MR) is 110 cm³/mol. The molecule has 31 heavy (non-hydrogen) atoms. The molecular weight excluding hydrogens is 426 g/mol. The third-order valence-electron chi connectivity index (χ3n) is 4.18. The fraction of sp³-hybridized carbons (Fsp3) is 0.0476. The molecule has 0 saturated heterocycles. The van der Waals surface area contributed by atoms with Gasteiger partial charge in [0.1, 0.15) is 11.6 Å². The molecule has 0 spiro atoms. The molecule has 2 amide bonds. The van der Waals surface area contributed by atoms with Gasteiger partial charge >= 0.3 is 0 Å². The first-order chi connectivity index (χ1) is 15.0. The van der Waals surface area contributed by atoms with Gasteiger partial charge in [-0.2, -0.15) is 0 Å². The Morgan fingerprint density at radius 1 is 1.03 bits per heavy atom. The molecule has 2 heterocycles. The van der Waals surface area contributed by atoms with E-state index in [1.165, 1.54) is 17.5 Å². The van der Waals surface area contributed by atoms with E-state index in [1.54, 1.807) is 0 Å². The van der Waals surface area contributed by atoms with Crippen LogP contribution in [0.15, 0.2) is 64.5 Å². The molecule has 0 atom stereocenters. The maximum absolute atomic E-state index is 13.9. The first kappa shape index (κ1) is 20.4. The van der Waals surface area contributed by atoms with Gasteiger partial charge in [0.25, 0.3) is 5.91 Å². The summed E-state index contributed by atoms with van der Waals surface area (Å²) in [6.45, 7) is -0.352. The highest BCUT2D eigenvalue weighted by molar-refractivity contribution is 7.14. The molecule has 0 aliphatic carbocycles. The van der Waals surface area contributed by atoms with Crippen LogP contribution in [0.3, 0.4) is 0 Å². The highest BCUT2D eigenvalue weighted by atomic mass is 32.1. The van der Waals surface area contributed by atoms with Crippen LogP contribution in [-0.4, -0.2) is 28.5 Å². The van der Waals surface area contributed by atoms with Crippen LogP contribution in [0.1, 0.15) is 10.5 Å². The SMILES string of the molecule is O=C(CNC(=O)c1cc(-c2ccccc2)on1)Nc1nc(-c2c(F)cccc2F)cs1. The van der Waals surface area contributed by atoms with E-state index in [2.05, 4.69) is 20.8 Å². The van der Waals surface area contributed by atoms with Gasteiger partial charge in [-0.15, -0.1) is 11.3 Å².